The molecule has 0 aliphatic carbocycles. The Hall–Kier alpha value is -1.02. The maximum atomic E-state index is 6.00. The third kappa shape index (κ3) is 3.56. The van der Waals surface area contributed by atoms with Crippen LogP contribution in [0.4, 0.5) is 0 Å². The first-order valence-electron chi connectivity index (χ1n) is 4.94. The van der Waals surface area contributed by atoms with Gasteiger partial charge in [0.2, 0.25) is 0 Å². The van der Waals surface area contributed by atoms with Gasteiger partial charge in [-0.2, -0.15) is 0 Å². The molecule has 0 radical (unpaired) electrons. The lowest BCUT2D eigenvalue weighted by atomic mass is 10.1. The molecule has 3 heteroatoms. The molecule has 0 unspecified atom stereocenters. The molecule has 0 heterocycles. The maximum absolute atomic E-state index is 6.00. The normalized spacial score (nSPS) is 12.0. The predicted octanol–water partition coefficient (Wildman–Crippen LogP) is 3.57. The molecular formula is C12H16ClNO. The van der Waals surface area contributed by atoms with Gasteiger partial charge < -0.3 is 4.74 Å². The number of ether oxygens (including phenoxy) is 1. The fraction of sp³-hybridized carbons (Fsp3) is 0.417. The molecular weight excluding hydrogens is 210 g/mol. The summed E-state index contributed by atoms with van der Waals surface area (Å²) in [6.07, 6.45) is 0.148. The lowest BCUT2D eigenvalue weighted by Gasteiger charge is -2.11. The van der Waals surface area contributed by atoms with Crippen LogP contribution in [0.15, 0.2) is 23.2 Å². The molecule has 0 amide bonds. The van der Waals surface area contributed by atoms with E-state index in [1.54, 1.807) is 7.05 Å². The van der Waals surface area contributed by atoms with E-state index in [0.717, 1.165) is 17.0 Å². The summed E-state index contributed by atoms with van der Waals surface area (Å²) in [6, 6.07) is 5.65. The molecule has 1 rings (SSSR count). The van der Waals surface area contributed by atoms with Crippen LogP contribution in [0.25, 0.3) is 0 Å². The molecule has 0 spiro atoms. The Balaban J connectivity index is 3.05. The van der Waals surface area contributed by atoms with Crippen LogP contribution in [0.1, 0.15) is 26.3 Å². The van der Waals surface area contributed by atoms with Gasteiger partial charge in [0, 0.05) is 23.3 Å². The van der Waals surface area contributed by atoms with Crippen molar-refractivity contribution >= 4 is 17.3 Å². The molecule has 1 aromatic rings. The summed E-state index contributed by atoms with van der Waals surface area (Å²) in [7, 11) is 1.76. The number of halogens is 1. The highest BCUT2D eigenvalue weighted by Gasteiger charge is 2.04. The van der Waals surface area contributed by atoms with Crippen molar-refractivity contribution < 1.29 is 4.74 Å². The summed E-state index contributed by atoms with van der Waals surface area (Å²) in [5.74, 6) is 0.788. The summed E-state index contributed by atoms with van der Waals surface area (Å²) in [6.45, 7) is 5.92. The second-order valence-electron chi connectivity index (χ2n) is 3.65. The molecule has 0 atom stereocenters. The molecule has 0 saturated carbocycles. The van der Waals surface area contributed by atoms with Crippen LogP contribution < -0.4 is 4.74 Å². The maximum Gasteiger partial charge on any atom is 0.121 e. The molecule has 15 heavy (non-hydrogen) atoms. The largest absolute Gasteiger partial charge is 0.491 e. The Morgan fingerprint density at radius 3 is 2.53 bits per heavy atom. The molecule has 0 aliphatic rings. The fourth-order valence-electron chi connectivity index (χ4n) is 1.24. The van der Waals surface area contributed by atoms with E-state index >= 15 is 0 Å². The number of hydrogen-bond acceptors (Lipinski definition) is 2. The fourth-order valence-corrected chi connectivity index (χ4v) is 1.47. The highest BCUT2D eigenvalue weighted by atomic mass is 35.5. The quantitative estimate of drug-likeness (QED) is 0.721. The van der Waals surface area contributed by atoms with Gasteiger partial charge in [-0.1, -0.05) is 11.6 Å². The summed E-state index contributed by atoms with van der Waals surface area (Å²) in [4.78, 5) is 4.12. The van der Waals surface area contributed by atoms with E-state index in [4.69, 9.17) is 16.3 Å². The van der Waals surface area contributed by atoms with Gasteiger partial charge in [0.1, 0.15) is 5.75 Å². The molecule has 0 saturated heterocycles. The number of aliphatic imine (C=N–C) groups is 1. The monoisotopic (exact) mass is 225 g/mol. The number of nitrogens with zero attached hydrogens (tertiary/aromatic N) is 1. The standard InChI is InChI=1S/C12H16ClNO/c1-8(2)15-12-6-10(9(3)14-4)5-11(13)7-12/h5-8H,1-4H3. The highest BCUT2D eigenvalue weighted by Crippen LogP contribution is 2.22. The van der Waals surface area contributed by atoms with Crippen molar-refractivity contribution in [2.24, 2.45) is 4.99 Å². The number of benzene rings is 1. The Labute approximate surface area is 95.9 Å². The van der Waals surface area contributed by atoms with E-state index in [1.165, 1.54) is 0 Å². The Kier molecular flexibility index (Phi) is 4.15. The van der Waals surface area contributed by atoms with Crippen LogP contribution in [0.2, 0.25) is 5.02 Å². The lowest BCUT2D eigenvalue weighted by molar-refractivity contribution is 0.242. The van der Waals surface area contributed by atoms with Crippen LogP contribution in [0, 0.1) is 0 Å². The Bertz CT molecular complexity index is 372. The Morgan fingerprint density at radius 1 is 1.33 bits per heavy atom. The SMILES string of the molecule is CN=C(C)c1cc(Cl)cc(OC(C)C)c1. The zero-order chi connectivity index (χ0) is 11.4. The van der Waals surface area contributed by atoms with E-state index in [1.807, 2.05) is 39.0 Å². The molecule has 0 bridgehead atoms. The van der Waals surface area contributed by atoms with Gasteiger partial charge in [0.15, 0.2) is 0 Å². The molecule has 2 nitrogen and oxygen atoms in total. The smallest absolute Gasteiger partial charge is 0.121 e. The van der Waals surface area contributed by atoms with E-state index < -0.39 is 0 Å². The van der Waals surface area contributed by atoms with Crippen LogP contribution in [0.5, 0.6) is 5.75 Å². The molecule has 82 valence electrons. The molecule has 0 aromatic heterocycles. The first-order valence-corrected chi connectivity index (χ1v) is 5.31. The van der Waals surface area contributed by atoms with Crippen molar-refractivity contribution in [3.63, 3.8) is 0 Å². The van der Waals surface area contributed by atoms with Crippen molar-refractivity contribution in [2.45, 2.75) is 26.9 Å². The first kappa shape index (κ1) is 12.1. The van der Waals surface area contributed by atoms with Gasteiger partial charge in [-0.05, 0) is 39.0 Å². The minimum atomic E-state index is 0.148. The van der Waals surface area contributed by atoms with Gasteiger partial charge in [0.25, 0.3) is 0 Å². The molecule has 0 fully saturated rings. The topological polar surface area (TPSA) is 21.6 Å². The second-order valence-corrected chi connectivity index (χ2v) is 4.09. The Morgan fingerprint density at radius 2 is 2.00 bits per heavy atom. The van der Waals surface area contributed by atoms with Gasteiger partial charge in [-0.15, -0.1) is 0 Å². The molecule has 0 aliphatic heterocycles. The minimum absolute atomic E-state index is 0.148. The van der Waals surface area contributed by atoms with Crippen LogP contribution >= 0.6 is 11.6 Å². The van der Waals surface area contributed by atoms with Crippen molar-refractivity contribution in [3.8, 4) is 5.75 Å². The van der Waals surface area contributed by atoms with Crippen LogP contribution in [-0.4, -0.2) is 18.9 Å². The van der Waals surface area contributed by atoms with Crippen molar-refractivity contribution in [3.05, 3.63) is 28.8 Å². The lowest BCUT2D eigenvalue weighted by Crippen LogP contribution is -2.06. The van der Waals surface area contributed by atoms with Gasteiger partial charge in [-0.25, -0.2) is 0 Å². The van der Waals surface area contributed by atoms with E-state index in [0.29, 0.717) is 5.02 Å². The predicted molar refractivity (Wildman–Crippen MR) is 65.4 cm³/mol. The number of hydrogen-bond donors (Lipinski definition) is 0. The van der Waals surface area contributed by atoms with Gasteiger partial charge in [0.05, 0.1) is 6.10 Å². The summed E-state index contributed by atoms with van der Waals surface area (Å²) >= 11 is 6.00. The van der Waals surface area contributed by atoms with Gasteiger partial charge in [-0.3, -0.25) is 4.99 Å². The molecule has 0 N–H and O–H groups in total. The average Bonchev–Trinajstić information content (AvgIpc) is 2.14. The third-order valence-corrected chi connectivity index (χ3v) is 2.21. The third-order valence-electron chi connectivity index (χ3n) is 2.00. The van der Waals surface area contributed by atoms with E-state index in [-0.39, 0.29) is 6.10 Å². The van der Waals surface area contributed by atoms with Crippen molar-refractivity contribution in [1.29, 1.82) is 0 Å². The summed E-state index contributed by atoms with van der Waals surface area (Å²) < 4.78 is 5.59. The highest BCUT2D eigenvalue weighted by molar-refractivity contribution is 6.31. The van der Waals surface area contributed by atoms with Crippen LogP contribution in [-0.2, 0) is 0 Å². The van der Waals surface area contributed by atoms with Crippen LogP contribution in [0.3, 0.4) is 0 Å². The summed E-state index contributed by atoms with van der Waals surface area (Å²) in [5, 5.41) is 0.672. The van der Waals surface area contributed by atoms with Crippen molar-refractivity contribution in [1.82, 2.24) is 0 Å². The van der Waals surface area contributed by atoms with Crippen molar-refractivity contribution in [2.75, 3.05) is 7.05 Å². The minimum Gasteiger partial charge on any atom is -0.491 e. The average molecular weight is 226 g/mol. The molecule has 1 aromatic carbocycles. The first-order chi connectivity index (χ1) is 7.02. The second kappa shape index (κ2) is 5.17. The van der Waals surface area contributed by atoms with E-state index in [9.17, 15) is 0 Å². The van der Waals surface area contributed by atoms with E-state index in [2.05, 4.69) is 4.99 Å². The zero-order valence-electron chi connectivity index (χ0n) is 9.54. The summed E-state index contributed by atoms with van der Waals surface area (Å²) in [5.41, 5.74) is 1.95. The van der Waals surface area contributed by atoms with Gasteiger partial charge >= 0.3 is 0 Å². The number of rotatable bonds is 3. The zero-order valence-corrected chi connectivity index (χ0v) is 10.3.